The van der Waals surface area contributed by atoms with Gasteiger partial charge in [-0.3, -0.25) is 0 Å². The molecule has 0 atom stereocenters. The van der Waals surface area contributed by atoms with Crippen LogP contribution in [0.15, 0.2) is 35.1 Å². The van der Waals surface area contributed by atoms with Gasteiger partial charge in [0.05, 0.1) is 0 Å². The number of hydrogen-bond acceptors (Lipinski definition) is 2. The van der Waals surface area contributed by atoms with Crippen molar-refractivity contribution >= 4 is 15.9 Å². The lowest BCUT2D eigenvalue weighted by molar-refractivity contribution is 0.723. The van der Waals surface area contributed by atoms with Crippen LogP contribution in [-0.4, -0.2) is 16.1 Å². The van der Waals surface area contributed by atoms with E-state index in [1.807, 2.05) is 19.3 Å². The normalized spacial score (nSPS) is 10.8. The van der Waals surface area contributed by atoms with Crippen molar-refractivity contribution in [3.8, 4) is 0 Å². The zero-order valence-electron chi connectivity index (χ0n) is 10.8. The Kier molecular flexibility index (Phi) is 4.55. The Bertz CT molecular complexity index is 520. The number of hydrogen-bond donors (Lipinski definition) is 1. The Morgan fingerprint density at radius 1 is 1.39 bits per heavy atom. The molecule has 0 saturated heterocycles. The summed E-state index contributed by atoms with van der Waals surface area (Å²) in [7, 11) is 0. The van der Waals surface area contributed by atoms with Crippen LogP contribution in [0.1, 0.15) is 23.9 Å². The first-order chi connectivity index (χ1) is 8.70. The van der Waals surface area contributed by atoms with E-state index >= 15 is 0 Å². The molecule has 4 heteroatoms. The standard InChI is InChI=1S/C14H18BrN3/c1-3-16-9-12-4-5-13(14(15)8-12)10-18-7-6-17-11(18)2/h4-8,16H,3,9-10H2,1-2H3. The average Bonchev–Trinajstić information content (AvgIpc) is 2.75. The fraction of sp³-hybridized carbons (Fsp3) is 0.357. The lowest BCUT2D eigenvalue weighted by Crippen LogP contribution is -2.11. The quantitative estimate of drug-likeness (QED) is 0.920. The third kappa shape index (κ3) is 3.21. The number of rotatable bonds is 5. The van der Waals surface area contributed by atoms with Crippen molar-refractivity contribution in [2.24, 2.45) is 0 Å². The van der Waals surface area contributed by atoms with Gasteiger partial charge in [0.1, 0.15) is 5.82 Å². The lowest BCUT2D eigenvalue weighted by atomic mass is 10.1. The van der Waals surface area contributed by atoms with Crippen molar-refractivity contribution < 1.29 is 0 Å². The van der Waals surface area contributed by atoms with E-state index in [1.54, 1.807) is 0 Å². The predicted octanol–water partition coefficient (Wildman–Crippen LogP) is 3.11. The van der Waals surface area contributed by atoms with Crippen LogP contribution in [-0.2, 0) is 13.1 Å². The Morgan fingerprint density at radius 2 is 2.22 bits per heavy atom. The van der Waals surface area contributed by atoms with Gasteiger partial charge in [0.2, 0.25) is 0 Å². The molecule has 3 nitrogen and oxygen atoms in total. The molecule has 18 heavy (non-hydrogen) atoms. The molecule has 0 aliphatic carbocycles. The highest BCUT2D eigenvalue weighted by molar-refractivity contribution is 9.10. The van der Waals surface area contributed by atoms with E-state index in [9.17, 15) is 0 Å². The Labute approximate surface area is 116 Å². The van der Waals surface area contributed by atoms with Crippen LogP contribution in [0.4, 0.5) is 0 Å². The van der Waals surface area contributed by atoms with Gasteiger partial charge in [-0.1, -0.05) is 35.0 Å². The van der Waals surface area contributed by atoms with Gasteiger partial charge in [-0.25, -0.2) is 4.98 Å². The zero-order chi connectivity index (χ0) is 13.0. The molecule has 1 aromatic carbocycles. The van der Waals surface area contributed by atoms with Gasteiger partial charge in [-0.15, -0.1) is 0 Å². The topological polar surface area (TPSA) is 29.9 Å². The second kappa shape index (κ2) is 6.16. The first-order valence-electron chi connectivity index (χ1n) is 6.16. The summed E-state index contributed by atoms with van der Waals surface area (Å²) in [5.74, 6) is 1.04. The summed E-state index contributed by atoms with van der Waals surface area (Å²) in [6, 6.07) is 6.54. The molecule has 0 fully saturated rings. The molecule has 0 bridgehead atoms. The Balaban J connectivity index is 2.12. The summed E-state index contributed by atoms with van der Waals surface area (Å²) in [4.78, 5) is 4.24. The first kappa shape index (κ1) is 13.3. The summed E-state index contributed by atoms with van der Waals surface area (Å²) in [5, 5.41) is 3.33. The fourth-order valence-electron chi connectivity index (χ4n) is 1.85. The van der Waals surface area contributed by atoms with Gasteiger partial charge in [0, 0.05) is 30.0 Å². The van der Waals surface area contributed by atoms with Gasteiger partial charge < -0.3 is 9.88 Å². The fourth-order valence-corrected chi connectivity index (χ4v) is 2.40. The van der Waals surface area contributed by atoms with Crippen LogP contribution < -0.4 is 5.32 Å². The largest absolute Gasteiger partial charge is 0.331 e. The van der Waals surface area contributed by atoms with E-state index in [4.69, 9.17) is 0 Å². The van der Waals surface area contributed by atoms with E-state index in [1.165, 1.54) is 11.1 Å². The van der Waals surface area contributed by atoms with Crippen LogP contribution in [0, 0.1) is 6.92 Å². The Hall–Kier alpha value is -1.13. The minimum atomic E-state index is 0.855. The zero-order valence-corrected chi connectivity index (χ0v) is 12.4. The summed E-state index contributed by atoms with van der Waals surface area (Å²) in [6.07, 6.45) is 3.84. The number of benzene rings is 1. The maximum Gasteiger partial charge on any atom is 0.105 e. The number of nitrogens with one attached hydrogen (secondary N) is 1. The highest BCUT2D eigenvalue weighted by Crippen LogP contribution is 2.20. The minimum absolute atomic E-state index is 0.855. The number of aromatic nitrogens is 2. The van der Waals surface area contributed by atoms with Gasteiger partial charge in [-0.2, -0.15) is 0 Å². The smallest absolute Gasteiger partial charge is 0.105 e. The maximum absolute atomic E-state index is 4.24. The third-order valence-corrected chi connectivity index (χ3v) is 3.70. The molecule has 1 aromatic heterocycles. The first-order valence-corrected chi connectivity index (χ1v) is 6.95. The monoisotopic (exact) mass is 307 g/mol. The molecule has 96 valence electrons. The number of halogens is 1. The maximum atomic E-state index is 4.24. The van der Waals surface area contributed by atoms with Crippen molar-refractivity contribution in [3.05, 3.63) is 52.0 Å². The van der Waals surface area contributed by atoms with Crippen LogP contribution in [0.5, 0.6) is 0 Å². The van der Waals surface area contributed by atoms with E-state index in [-0.39, 0.29) is 0 Å². The summed E-state index contributed by atoms with van der Waals surface area (Å²) in [6.45, 7) is 6.90. The molecule has 2 aromatic rings. The molecule has 0 spiro atoms. The molecule has 0 aliphatic rings. The van der Waals surface area contributed by atoms with Crippen molar-refractivity contribution in [3.63, 3.8) is 0 Å². The van der Waals surface area contributed by atoms with Gasteiger partial charge in [0.15, 0.2) is 0 Å². The molecular formula is C14H18BrN3. The predicted molar refractivity (Wildman–Crippen MR) is 77.6 cm³/mol. The van der Waals surface area contributed by atoms with Crippen LogP contribution >= 0.6 is 15.9 Å². The third-order valence-electron chi connectivity index (χ3n) is 2.96. The minimum Gasteiger partial charge on any atom is -0.331 e. The van der Waals surface area contributed by atoms with E-state index in [2.05, 4.69) is 55.9 Å². The van der Waals surface area contributed by atoms with Gasteiger partial charge >= 0.3 is 0 Å². The second-order valence-electron chi connectivity index (χ2n) is 4.31. The molecule has 0 saturated carbocycles. The molecule has 1 heterocycles. The molecule has 0 amide bonds. The van der Waals surface area contributed by atoms with E-state index in [0.717, 1.165) is 29.9 Å². The van der Waals surface area contributed by atoms with Crippen molar-refractivity contribution in [2.45, 2.75) is 26.9 Å². The second-order valence-corrected chi connectivity index (χ2v) is 5.16. The molecule has 1 N–H and O–H groups in total. The molecule has 2 rings (SSSR count). The highest BCUT2D eigenvalue weighted by atomic mass is 79.9. The lowest BCUT2D eigenvalue weighted by Gasteiger charge is -2.10. The van der Waals surface area contributed by atoms with Crippen molar-refractivity contribution in [1.82, 2.24) is 14.9 Å². The molecule has 0 unspecified atom stereocenters. The molecule has 0 aliphatic heterocycles. The molecular weight excluding hydrogens is 290 g/mol. The SMILES string of the molecule is CCNCc1ccc(Cn2ccnc2C)c(Br)c1. The average molecular weight is 308 g/mol. The number of nitrogens with zero attached hydrogens (tertiary/aromatic N) is 2. The number of aryl methyl sites for hydroxylation is 1. The van der Waals surface area contributed by atoms with Crippen LogP contribution in [0.2, 0.25) is 0 Å². The van der Waals surface area contributed by atoms with Gasteiger partial charge in [-0.05, 0) is 30.7 Å². The highest BCUT2D eigenvalue weighted by Gasteiger charge is 2.04. The summed E-state index contributed by atoms with van der Waals surface area (Å²) >= 11 is 3.65. The Morgan fingerprint density at radius 3 is 2.83 bits per heavy atom. The van der Waals surface area contributed by atoms with Crippen molar-refractivity contribution in [1.29, 1.82) is 0 Å². The summed E-state index contributed by atoms with van der Waals surface area (Å²) in [5.41, 5.74) is 2.58. The summed E-state index contributed by atoms with van der Waals surface area (Å²) < 4.78 is 3.30. The van der Waals surface area contributed by atoms with Crippen LogP contribution in [0.25, 0.3) is 0 Å². The number of imidazole rings is 1. The van der Waals surface area contributed by atoms with E-state index < -0.39 is 0 Å². The van der Waals surface area contributed by atoms with Gasteiger partial charge in [0.25, 0.3) is 0 Å². The van der Waals surface area contributed by atoms with Crippen LogP contribution in [0.3, 0.4) is 0 Å². The van der Waals surface area contributed by atoms with E-state index in [0.29, 0.717) is 0 Å². The van der Waals surface area contributed by atoms with Crippen molar-refractivity contribution in [2.75, 3.05) is 6.54 Å². The molecule has 0 radical (unpaired) electrons.